The van der Waals surface area contributed by atoms with Gasteiger partial charge in [0.1, 0.15) is 6.54 Å². The van der Waals surface area contributed by atoms with Crippen molar-refractivity contribution in [3.05, 3.63) is 29.8 Å². The Hall–Kier alpha value is -2.04. The number of rotatable bonds is 6. The lowest BCUT2D eigenvalue weighted by atomic mass is 10.0. The zero-order valence-corrected chi connectivity index (χ0v) is 12.4. The molecular weight excluding hydrogens is 252 g/mol. The second kappa shape index (κ2) is 8.19. The van der Waals surface area contributed by atoms with E-state index in [4.69, 9.17) is 5.73 Å². The van der Waals surface area contributed by atoms with Crippen LogP contribution in [0.5, 0.6) is 0 Å². The summed E-state index contributed by atoms with van der Waals surface area (Å²) in [5.74, 6) is 0.583. The Kier molecular flexibility index (Phi) is 6.56. The van der Waals surface area contributed by atoms with Crippen LogP contribution >= 0.6 is 0 Å². The Labute approximate surface area is 120 Å². The number of amides is 1. The topological polar surface area (TPSA) is 79.5 Å². The Bertz CT molecular complexity index is 469. The van der Waals surface area contributed by atoms with E-state index in [9.17, 15) is 4.79 Å². The molecule has 1 rings (SSSR count). The highest BCUT2D eigenvalue weighted by Gasteiger charge is 2.02. The highest BCUT2D eigenvalue weighted by molar-refractivity contribution is 5.93. The van der Waals surface area contributed by atoms with Crippen molar-refractivity contribution < 1.29 is 4.79 Å². The summed E-state index contributed by atoms with van der Waals surface area (Å²) in [6.07, 6.45) is 0.908. The lowest BCUT2D eigenvalue weighted by molar-refractivity contribution is -0.119. The van der Waals surface area contributed by atoms with Crippen LogP contribution in [-0.4, -0.2) is 25.0 Å². The summed E-state index contributed by atoms with van der Waals surface area (Å²) in [7, 11) is 0. The average molecular weight is 276 g/mol. The molecule has 0 spiro atoms. The van der Waals surface area contributed by atoms with E-state index in [0.29, 0.717) is 12.5 Å². The molecule has 0 fully saturated rings. The molecule has 5 nitrogen and oxygen atoms in total. The van der Waals surface area contributed by atoms with E-state index >= 15 is 0 Å². The maximum Gasteiger partial charge on any atom is 0.241 e. The summed E-state index contributed by atoms with van der Waals surface area (Å²) in [5.41, 5.74) is 7.87. The molecule has 20 heavy (non-hydrogen) atoms. The number of nitrogens with zero attached hydrogens (tertiary/aromatic N) is 1. The number of hydrogen-bond donors (Lipinski definition) is 3. The number of nitrogens with two attached hydrogens (primary N) is 1. The predicted octanol–water partition coefficient (Wildman–Crippen LogP) is 2.06. The number of hydrogen-bond acceptors (Lipinski definition) is 2. The second-order valence-corrected chi connectivity index (χ2v) is 4.96. The summed E-state index contributed by atoms with van der Waals surface area (Å²) in [5, 5.41) is 5.74. The summed E-state index contributed by atoms with van der Waals surface area (Å²) in [6.45, 7) is 6.98. The van der Waals surface area contributed by atoms with Gasteiger partial charge in [0.15, 0.2) is 5.96 Å². The third kappa shape index (κ3) is 5.73. The molecule has 0 aliphatic heterocycles. The van der Waals surface area contributed by atoms with Gasteiger partial charge in [-0.15, -0.1) is 0 Å². The molecule has 4 N–H and O–H groups in total. The molecule has 5 heteroatoms. The first-order valence-electron chi connectivity index (χ1n) is 6.96. The fourth-order valence-corrected chi connectivity index (χ4v) is 1.64. The fourth-order valence-electron chi connectivity index (χ4n) is 1.64. The van der Waals surface area contributed by atoms with Gasteiger partial charge in [-0.25, -0.2) is 4.99 Å². The summed E-state index contributed by atoms with van der Waals surface area (Å²) in [6, 6.07) is 8.00. The quantitative estimate of drug-likeness (QED) is 0.549. The van der Waals surface area contributed by atoms with Crippen molar-refractivity contribution in [3.8, 4) is 0 Å². The molecule has 110 valence electrons. The third-order valence-corrected chi connectivity index (χ3v) is 2.79. The van der Waals surface area contributed by atoms with E-state index < -0.39 is 0 Å². The van der Waals surface area contributed by atoms with Crippen LogP contribution in [0.25, 0.3) is 0 Å². The maximum atomic E-state index is 11.4. The number of benzene rings is 1. The summed E-state index contributed by atoms with van der Waals surface area (Å²) < 4.78 is 0. The van der Waals surface area contributed by atoms with Gasteiger partial charge in [0.25, 0.3) is 0 Å². The zero-order chi connectivity index (χ0) is 15.0. The van der Waals surface area contributed by atoms with Crippen molar-refractivity contribution in [2.75, 3.05) is 18.4 Å². The molecule has 0 atom stereocenters. The van der Waals surface area contributed by atoms with Gasteiger partial charge >= 0.3 is 0 Å². The molecule has 0 heterocycles. The van der Waals surface area contributed by atoms with Crippen molar-refractivity contribution in [3.63, 3.8) is 0 Å². The molecule has 0 aromatic heterocycles. The monoisotopic (exact) mass is 276 g/mol. The lowest BCUT2D eigenvalue weighted by Crippen LogP contribution is -2.29. The van der Waals surface area contributed by atoms with Gasteiger partial charge in [-0.1, -0.05) is 32.9 Å². The Morgan fingerprint density at radius 1 is 1.40 bits per heavy atom. The average Bonchev–Trinajstić information content (AvgIpc) is 2.43. The predicted molar refractivity (Wildman–Crippen MR) is 83.9 cm³/mol. The van der Waals surface area contributed by atoms with E-state index in [2.05, 4.69) is 35.5 Å². The van der Waals surface area contributed by atoms with Crippen molar-refractivity contribution in [2.24, 2.45) is 10.7 Å². The lowest BCUT2D eigenvalue weighted by Gasteiger charge is -2.10. The minimum Gasteiger partial charge on any atom is -0.370 e. The molecule has 0 bridgehead atoms. The van der Waals surface area contributed by atoms with Crippen LogP contribution in [0, 0.1) is 0 Å². The van der Waals surface area contributed by atoms with Crippen LogP contribution in [0.4, 0.5) is 5.69 Å². The largest absolute Gasteiger partial charge is 0.370 e. The molecule has 0 aliphatic carbocycles. The minimum absolute atomic E-state index is 0.0443. The van der Waals surface area contributed by atoms with E-state index in [1.54, 1.807) is 0 Å². The van der Waals surface area contributed by atoms with Crippen LogP contribution < -0.4 is 16.4 Å². The van der Waals surface area contributed by atoms with Gasteiger partial charge in [-0.3, -0.25) is 4.79 Å². The highest BCUT2D eigenvalue weighted by atomic mass is 16.1. The van der Waals surface area contributed by atoms with E-state index in [-0.39, 0.29) is 18.4 Å². The van der Waals surface area contributed by atoms with Crippen LogP contribution in [0.2, 0.25) is 0 Å². The first-order chi connectivity index (χ1) is 9.52. The minimum atomic E-state index is -0.118. The van der Waals surface area contributed by atoms with Crippen LogP contribution in [-0.2, 0) is 4.79 Å². The molecule has 1 amide bonds. The summed E-state index contributed by atoms with van der Waals surface area (Å²) in [4.78, 5) is 15.4. The van der Waals surface area contributed by atoms with Crippen molar-refractivity contribution in [1.82, 2.24) is 5.32 Å². The Morgan fingerprint density at radius 2 is 2.15 bits per heavy atom. The fraction of sp³-hybridized carbons (Fsp3) is 0.467. The third-order valence-electron chi connectivity index (χ3n) is 2.79. The molecule has 0 unspecified atom stereocenters. The molecule has 1 aromatic carbocycles. The molecule has 1 aromatic rings. The van der Waals surface area contributed by atoms with Gasteiger partial charge in [0, 0.05) is 12.2 Å². The molecule has 0 saturated carbocycles. The number of anilines is 1. The Balaban J connectivity index is 2.54. The number of guanidine groups is 1. The van der Waals surface area contributed by atoms with Gasteiger partial charge in [0.2, 0.25) is 5.91 Å². The Morgan fingerprint density at radius 3 is 2.80 bits per heavy atom. The highest BCUT2D eigenvalue weighted by Crippen LogP contribution is 2.18. The van der Waals surface area contributed by atoms with Gasteiger partial charge in [-0.2, -0.15) is 0 Å². The number of carbonyl (C=O) groups is 1. The van der Waals surface area contributed by atoms with E-state index in [0.717, 1.165) is 12.1 Å². The second-order valence-electron chi connectivity index (χ2n) is 4.96. The molecule has 0 aliphatic rings. The van der Waals surface area contributed by atoms with Gasteiger partial charge in [-0.05, 0) is 30.0 Å². The van der Waals surface area contributed by atoms with Crippen LogP contribution in [0.15, 0.2) is 29.3 Å². The van der Waals surface area contributed by atoms with Gasteiger partial charge in [0.05, 0.1) is 0 Å². The normalized spacial score (nSPS) is 11.5. The number of carbonyl (C=O) groups excluding carboxylic acids is 1. The maximum absolute atomic E-state index is 11.4. The van der Waals surface area contributed by atoms with E-state index in [1.807, 2.05) is 25.1 Å². The molecular formula is C15H24N4O. The van der Waals surface area contributed by atoms with E-state index in [1.165, 1.54) is 5.56 Å². The standard InChI is InChI=1S/C15H24N4O/c1-4-8-17-14(20)10-18-15(16)19-13-7-5-6-12(9-13)11(2)3/h5-7,9,11H,4,8,10H2,1-3H3,(H,17,20)(H3,16,18,19). The van der Waals surface area contributed by atoms with Crippen LogP contribution in [0.3, 0.4) is 0 Å². The van der Waals surface area contributed by atoms with Crippen molar-refractivity contribution in [2.45, 2.75) is 33.1 Å². The first-order valence-corrected chi connectivity index (χ1v) is 6.96. The first kappa shape index (κ1) is 16.0. The smallest absolute Gasteiger partial charge is 0.241 e. The zero-order valence-electron chi connectivity index (χ0n) is 12.4. The number of aliphatic imine (C=N–C) groups is 1. The number of nitrogens with one attached hydrogen (secondary N) is 2. The van der Waals surface area contributed by atoms with Crippen LogP contribution in [0.1, 0.15) is 38.7 Å². The molecule has 0 radical (unpaired) electrons. The van der Waals surface area contributed by atoms with Gasteiger partial charge < -0.3 is 16.4 Å². The summed E-state index contributed by atoms with van der Waals surface area (Å²) >= 11 is 0. The van der Waals surface area contributed by atoms with Crippen molar-refractivity contribution in [1.29, 1.82) is 0 Å². The SMILES string of the molecule is CCCNC(=O)CN=C(N)Nc1cccc(C(C)C)c1. The van der Waals surface area contributed by atoms with Crippen molar-refractivity contribution >= 4 is 17.6 Å². The molecule has 0 saturated heterocycles.